The molecule has 55 valence electrons. The summed E-state index contributed by atoms with van der Waals surface area (Å²) in [4.78, 5) is 0. The zero-order valence-corrected chi connectivity index (χ0v) is 6.98. The minimum absolute atomic E-state index is 0.622. The van der Waals surface area contributed by atoms with Crippen LogP contribution in [0.5, 0.6) is 0 Å². The van der Waals surface area contributed by atoms with Crippen molar-refractivity contribution in [2.75, 3.05) is 0 Å². The molecule has 9 heavy (non-hydrogen) atoms. The summed E-state index contributed by atoms with van der Waals surface area (Å²) in [5.41, 5.74) is 0. The lowest BCUT2D eigenvalue weighted by molar-refractivity contribution is 0.411. The van der Waals surface area contributed by atoms with E-state index in [4.69, 9.17) is 0 Å². The van der Waals surface area contributed by atoms with Crippen molar-refractivity contribution in [2.24, 2.45) is 11.8 Å². The molecule has 0 spiro atoms. The van der Waals surface area contributed by atoms with Crippen molar-refractivity contribution < 1.29 is 0 Å². The van der Waals surface area contributed by atoms with Crippen LogP contribution in [0.2, 0.25) is 0 Å². The van der Waals surface area contributed by atoms with Crippen LogP contribution < -0.4 is 0 Å². The molecular formula is C9H19. The lowest BCUT2D eigenvalue weighted by Gasteiger charge is -2.13. The van der Waals surface area contributed by atoms with E-state index >= 15 is 0 Å². The van der Waals surface area contributed by atoms with E-state index in [0.717, 1.165) is 5.92 Å². The standard InChI is InChI=1S/C9H19/c1-5-6-7-9(4)8(2)3/h8-9H,2,5-7H2,1,3-4H3. The van der Waals surface area contributed by atoms with Crippen LogP contribution in [0.25, 0.3) is 0 Å². The van der Waals surface area contributed by atoms with Gasteiger partial charge >= 0.3 is 0 Å². The molecule has 0 rings (SSSR count). The Morgan fingerprint density at radius 3 is 2.22 bits per heavy atom. The molecule has 0 aromatic carbocycles. The fraction of sp³-hybridized carbons (Fsp3) is 0.889. The van der Waals surface area contributed by atoms with Crippen molar-refractivity contribution in [1.82, 2.24) is 0 Å². The Hall–Kier alpha value is 0. The van der Waals surface area contributed by atoms with Crippen LogP contribution in [0.1, 0.15) is 40.0 Å². The summed E-state index contributed by atoms with van der Waals surface area (Å²) in [6, 6.07) is 0. The Labute approximate surface area is 59.7 Å². The van der Waals surface area contributed by atoms with E-state index < -0.39 is 0 Å². The van der Waals surface area contributed by atoms with Crippen LogP contribution in [0.15, 0.2) is 0 Å². The first-order chi connectivity index (χ1) is 4.18. The van der Waals surface area contributed by atoms with Gasteiger partial charge in [0.2, 0.25) is 0 Å². The van der Waals surface area contributed by atoms with E-state index in [2.05, 4.69) is 27.7 Å². The van der Waals surface area contributed by atoms with Gasteiger partial charge in [0.05, 0.1) is 0 Å². The minimum Gasteiger partial charge on any atom is -0.0654 e. The number of hydrogen-bond acceptors (Lipinski definition) is 0. The summed E-state index contributed by atoms with van der Waals surface area (Å²) in [6.07, 6.45) is 4.03. The molecular weight excluding hydrogens is 108 g/mol. The van der Waals surface area contributed by atoms with E-state index in [-0.39, 0.29) is 0 Å². The highest BCUT2D eigenvalue weighted by Gasteiger charge is 2.04. The van der Waals surface area contributed by atoms with Crippen molar-refractivity contribution in [2.45, 2.75) is 40.0 Å². The van der Waals surface area contributed by atoms with Crippen LogP contribution in [-0.2, 0) is 0 Å². The second-order valence-corrected chi connectivity index (χ2v) is 3.10. The third-order valence-electron chi connectivity index (χ3n) is 1.98. The molecule has 0 N–H and O–H groups in total. The van der Waals surface area contributed by atoms with Crippen molar-refractivity contribution in [3.05, 3.63) is 6.92 Å². The van der Waals surface area contributed by atoms with Gasteiger partial charge in [0, 0.05) is 0 Å². The molecule has 0 aliphatic heterocycles. The Kier molecular flexibility index (Phi) is 4.84. The van der Waals surface area contributed by atoms with Gasteiger partial charge in [0.15, 0.2) is 0 Å². The fourth-order valence-electron chi connectivity index (χ4n) is 0.811. The zero-order chi connectivity index (χ0) is 7.28. The predicted octanol–water partition coefficient (Wildman–Crippen LogP) is 3.28. The van der Waals surface area contributed by atoms with E-state index in [1.807, 2.05) is 0 Å². The Balaban J connectivity index is 3.16. The van der Waals surface area contributed by atoms with Crippen molar-refractivity contribution in [3.63, 3.8) is 0 Å². The van der Waals surface area contributed by atoms with Gasteiger partial charge in [-0.2, -0.15) is 0 Å². The summed E-state index contributed by atoms with van der Waals surface area (Å²) in [5.74, 6) is 1.43. The van der Waals surface area contributed by atoms with Crippen molar-refractivity contribution >= 4 is 0 Å². The molecule has 2 atom stereocenters. The van der Waals surface area contributed by atoms with Crippen LogP contribution >= 0.6 is 0 Å². The molecule has 0 heterocycles. The number of unbranched alkanes of at least 4 members (excludes halogenated alkanes) is 1. The molecule has 1 radical (unpaired) electrons. The van der Waals surface area contributed by atoms with Gasteiger partial charge in [-0.3, -0.25) is 0 Å². The third kappa shape index (κ3) is 4.50. The monoisotopic (exact) mass is 127 g/mol. The Morgan fingerprint density at radius 1 is 1.33 bits per heavy atom. The maximum atomic E-state index is 3.99. The summed E-state index contributed by atoms with van der Waals surface area (Å²) < 4.78 is 0. The highest BCUT2D eigenvalue weighted by atomic mass is 14.1. The van der Waals surface area contributed by atoms with Crippen LogP contribution in [0.3, 0.4) is 0 Å². The van der Waals surface area contributed by atoms with Gasteiger partial charge in [-0.15, -0.1) is 0 Å². The molecule has 0 bridgehead atoms. The first kappa shape index (κ1) is 9.00. The highest BCUT2D eigenvalue weighted by molar-refractivity contribution is 4.62. The average molecular weight is 127 g/mol. The Morgan fingerprint density at radius 2 is 1.89 bits per heavy atom. The molecule has 0 fully saturated rings. The molecule has 0 aromatic rings. The van der Waals surface area contributed by atoms with Crippen LogP contribution in [-0.4, -0.2) is 0 Å². The number of hydrogen-bond donors (Lipinski definition) is 0. The second-order valence-electron chi connectivity index (χ2n) is 3.10. The van der Waals surface area contributed by atoms with E-state index in [9.17, 15) is 0 Å². The molecule has 0 nitrogen and oxygen atoms in total. The van der Waals surface area contributed by atoms with Gasteiger partial charge in [-0.25, -0.2) is 0 Å². The molecule has 0 aliphatic rings. The van der Waals surface area contributed by atoms with E-state index in [1.165, 1.54) is 19.3 Å². The molecule has 0 aliphatic carbocycles. The van der Waals surface area contributed by atoms with Crippen LogP contribution in [0, 0.1) is 18.8 Å². The van der Waals surface area contributed by atoms with Gasteiger partial charge in [0.25, 0.3) is 0 Å². The first-order valence-corrected chi connectivity index (χ1v) is 4.01. The maximum absolute atomic E-state index is 3.99. The van der Waals surface area contributed by atoms with Crippen LogP contribution in [0.4, 0.5) is 0 Å². The zero-order valence-electron chi connectivity index (χ0n) is 6.98. The van der Waals surface area contributed by atoms with Gasteiger partial charge in [0.1, 0.15) is 0 Å². The molecule has 0 saturated heterocycles. The first-order valence-electron chi connectivity index (χ1n) is 4.01. The lowest BCUT2D eigenvalue weighted by atomic mass is 9.93. The smallest absolute Gasteiger partial charge is 0.0417 e. The third-order valence-corrected chi connectivity index (χ3v) is 1.98. The highest BCUT2D eigenvalue weighted by Crippen LogP contribution is 2.15. The molecule has 0 aromatic heterocycles. The summed E-state index contributed by atoms with van der Waals surface area (Å²) in [6.45, 7) is 10.7. The quantitative estimate of drug-likeness (QED) is 0.543. The van der Waals surface area contributed by atoms with Gasteiger partial charge < -0.3 is 0 Å². The van der Waals surface area contributed by atoms with Crippen molar-refractivity contribution in [3.8, 4) is 0 Å². The maximum Gasteiger partial charge on any atom is -0.0417 e. The SMILES string of the molecule is [CH2]C(C)C(C)CCCC. The van der Waals surface area contributed by atoms with E-state index in [1.54, 1.807) is 0 Å². The molecule has 0 heteroatoms. The van der Waals surface area contributed by atoms with Crippen molar-refractivity contribution in [1.29, 1.82) is 0 Å². The average Bonchev–Trinajstić information content (AvgIpc) is 1.82. The Bertz CT molecular complexity index is 55.1. The number of rotatable bonds is 4. The van der Waals surface area contributed by atoms with Gasteiger partial charge in [-0.1, -0.05) is 47.0 Å². The second kappa shape index (κ2) is 4.84. The topological polar surface area (TPSA) is 0 Å². The minimum atomic E-state index is 0.622. The molecule has 2 unspecified atom stereocenters. The lowest BCUT2D eigenvalue weighted by Crippen LogP contribution is -2.03. The summed E-state index contributed by atoms with van der Waals surface area (Å²) in [5, 5.41) is 0. The predicted molar refractivity (Wildman–Crippen MR) is 43.2 cm³/mol. The summed E-state index contributed by atoms with van der Waals surface area (Å²) >= 11 is 0. The summed E-state index contributed by atoms with van der Waals surface area (Å²) in [7, 11) is 0. The molecule has 0 saturated carbocycles. The molecule has 0 amide bonds. The van der Waals surface area contributed by atoms with E-state index in [0.29, 0.717) is 5.92 Å². The normalized spacial score (nSPS) is 14.3. The van der Waals surface area contributed by atoms with Gasteiger partial charge in [-0.05, 0) is 11.8 Å². The largest absolute Gasteiger partial charge is 0.0654 e. The fourth-order valence-corrected chi connectivity index (χ4v) is 0.811.